The minimum absolute atomic E-state index is 0.0904. The third-order valence-electron chi connectivity index (χ3n) is 4.78. The van der Waals surface area contributed by atoms with Crippen molar-refractivity contribution < 1.29 is 15.0 Å². The Morgan fingerprint density at radius 2 is 1.61 bits per heavy atom. The van der Waals surface area contributed by atoms with Gasteiger partial charge in [0.05, 0.1) is 0 Å². The lowest BCUT2D eigenvalue weighted by Gasteiger charge is -2.32. The number of carboxylic acid groups (broad SMARTS) is 1. The van der Waals surface area contributed by atoms with Gasteiger partial charge in [0.2, 0.25) is 0 Å². The van der Waals surface area contributed by atoms with Crippen LogP contribution in [0.2, 0.25) is 0 Å². The maximum Gasteiger partial charge on any atom is 0.335 e. The molecule has 3 heteroatoms. The van der Waals surface area contributed by atoms with Crippen LogP contribution in [-0.2, 0) is 4.79 Å². The molecular formula is C15H28O3. The molecule has 0 amide bonds. The molecule has 0 aromatic carbocycles. The second-order valence-corrected chi connectivity index (χ2v) is 6.85. The third-order valence-corrected chi connectivity index (χ3v) is 4.78. The van der Waals surface area contributed by atoms with E-state index < -0.39 is 11.6 Å². The van der Waals surface area contributed by atoms with Gasteiger partial charge in [-0.3, -0.25) is 0 Å². The first-order valence-electron chi connectivity index (χ1n) is 7.17. The molecule has 3 atom stereocenters. The Balaban J connectivity index is 2.75. The fourth-order valence-corrected chi connectivity index (χ4v) is 3.26. The second kappa shape index (κ2) is 5.60. The van der Waals surface area contributed by atoms with Gasteiger partial charge in [0.15, 0.2) is 5.60 Å². The van der Waals surface area contributed by atoms with Gasteiger partial charge in [-0.2, -0.15) is 0 Å². The smallest absolute Gasteiger partial charge is 0.335 e. The maximum absolute atomic E-state index is 11.3. The van der Waals surface area contributed by atoms with Gasteiger partial charge in [0, 0.05) is 0 Å². The van der Waals surface area contributed by atoms with Crippen molar-refractivity contribution >= 4 is 5.97 Å². The Labute approximate surface area is 111 Å². The largest absolute Gasteiger partial charge is 0.479 e. The van der Waals surface area contributed by atoms with Crippen molar-refractivity contribution in [3.05, 3.63) is 0 Å². The molecule has 3 unspecified atom stereocenters. The first-order chi connectivity index (χ1) is 8.21. The molecule has 0 heterocycles. The van der Waals surface area contributed by atoms with E-state index in [-0.39, 0.29) is 11.3 Å². The Bertz CT molecular complexity index is 293. The summed E-state index contributed by atoms with van der Waals surface area (Å²) in [5, 5.41) is 19.6. The van der Waals surface area contributed by atoms with Crippen molar-refractivity contribution in [3.8, 4) is 0 Å². The zero-order chi connectivity index (χ0) is 14.0. The molecule has 18 heavy (non-hydrogen) atoms. The van der Waals surface area contributed by atoms with Crippen molar-refractivity contribution in [2.75, 3.05) is 0 Å². The fraction of sp³-hybridized carbons (Fsp3) is 0.933. The molecule has 2 N–H and O–H groups in total. The summed E-state index contributed by atoms with van der Waals surface area (Å²) in [7, 11) is 0. The molecule has 0 saturated heterocycles. The predicted octanol–water partition coefficient (Wildman–Crippen LogP) is 3.45. The van der Waals surface area contributed by atoms with Crippen LogP contribution >= 0.6 is 0 Å². The summed E-state index contributed by atoms with van der Waals surface area (Å²) in [6.45, 7) is 8.52. The van der Waals surface area contributed by atoms with Crippen molar-refractivity contribution in [2.24, 2.45) is 17.3 Å². The van der Waals surface area contributed by atoms with Crippen LogP contribution < -0.4 is 0 Å². The lowest BCUT2D eigenvalue weighted by atomic mass is 9.75. The van der Waals surface area contributed by atoms with Crippen molar-refractivity contribution in [2.45, 2.75) is 71.8 Å². The molecule has 106 valence electrons. The maximum atomic E-state index is 11.3. The number of carbonyl (C=O) groups is 1. The Morgan fingerprint density at radius 1 is 1.11 bits per heavy atom. The summed E-state index contributed by atoms with van der Waals surface area (Å²) in [5.41, 5.74) is -1.24. The van der Waals surface area contributed by atoms with E-state index in [9.17, 15) is 15.0 Å². The molecule has 1 aliphatic carbocycles. The molecule has 3 nitrogen and oxygen atoms in total. The lowest BCUT2D eigenvalue weighted by molar-refractivity contribution is -0.166. The highest BCUT2D eigenvalue weighted by Crippen LogP contribution is 2.41. The lowest BCUT2D eigenvalue weighted by Crippen LogP contribution is -2.45. The first kappa shape index (κ1) is 15.5. The van der Waals surface area contributed by atoms with Crippen molar-refractivity contribution in [1.82, 2.24) is 0 Å². The standard InChI is InChI=1S/C15H28O3/c1-5-15(18,13(16)17)12-8-6-7-11(9-10-12)14(2,3)4/h11-12,18H,5-10H2,1-4H3,(H,16,17). The van der Waals surface area contributed by atoms with E-state index in [1.165, 1.54) is 0 Å². The van der Waals surface area contributed by atoms with Crippen LogP contribution in [0.4, 0.5) is 0 Å². The number of aliphatic hydroxyl groups is 1. The molecule has 0 aliphatic heterocycles. The summed E-state index contributed by atoms with van der Waals surface area (Å²) in [4.78, 5) is 11.3. The zero-order valence-electron chi connectivity index (χ0n) is 12.2. The highest BCUT2D eigenvalue weighted by atomic mass is 16.4. The number of hydrogen-bond donors (Lipinski definition) is 2. The van der Waals surface area contributed by atoms with E-state index in [0.717, 1.165) is 32.1 Å². The minimum Gasteiger partial charge on any atom is -0.479 e. The monoisotopic (exact) mass is 256 g/mol. The number of rotatable bonds is 3. The molecule has 1 aliphatic rings. The van der Waals surface area contributed by atoms with Gasteiger partial charge < -0.3 is 10.2 Å². The highest BCUT2D eigenvalue weighted by Gasteiger charge is 2.43. The third kappa shape index (κ3) is 3.25. The molecule has 0 bridgehead atoms. The molecule has 0 aromatic heterocycles. The van der Waals surface area contributed by atoms with E-state index in [4.69, 9.17) is 0 Å². The summed E-state index contributed by atoms with van der Waals surface area (Å²) >= 11 is 0. The average molecular weight is 256 g/mol. The van der Waals surface area contributed by atoms with E-state index >= 15 is 0 Å². The Hall–Kier alpha value is -0.570. The number of hydrogen-bond acceptors (Lipinski definition) is 2. The summed E-state index contributed by atoms with van der Waals surface area (Å²) in [5.74, 6) is -0.506. The van der Waals surface area contributed by atoms with E-state index in [2.05, 4.69) is 20.8 Å². The van der Waals surface area contributed by atoms with Crippen LogP contribution in [0.25, 0.3) is 0 Å². The van der Waals surface area contributed by atoms with Gasteiger partial charge >= 0.3 is 5.97 Å². The molecule has 0 spiro atoms. The molecule has 0 aromatic rings. The molecule has 1 rings (SSSR count). The SMILES string of the molecule is CCC(O)(C(=O)O)C1CCCC(C(C)(C)C)CC1. The highest BCUT2D eigenvalue weighted by molar-refractivity contribution is 5.77. The summed E-state index contributed by atoms with van der Waals surface area (Å²) in [6.07, 6.45) is 5.18. The van der Waals surface area contributed by atoms with Crippen LogP contribution in [0.1, 0.15) is 66.2 Å². The van der Waals surface area contributed by atoms with Gasteiger partial charge in [0.25, 0.3) is 0 Å². The van der Waals surface area contributed by atoms with Crippen LogP contribution in [0.3, 0.4) is 0 Å². The van der Waals surface area contributed by atoms with Crippen LogP contribution in [0.15, 0.2) is 0 Å². The topological polar surface area (TPSA) is 57.5 Å². The summed E-state index contributed by atoms with van der Waals surface area (Å²) in [6, 6.07) is 0. The number of aliphatic carboxylic acids is 1. The van der Waals surface area contributed by atoms with Crippen molar-refractivity contribution in [1.29, 1.82) is 0 Å². The van der Waals surface area contributed by atoms with Crippen LogP contribution in [-0.4, -0.2) is 21.8 Å². The van der Waals surface area contributed by atoms with Gasteiger partial charge in [-0.1, -0.05) is 34.1 Å². The summed E-state index contributed by atoms with van der Waals surface area (Å²) < 4.78 is 0. The van der Waals surface area contributed by atoms with E-state index in [0.29, 0.717) is 12.3 Å². The van der Waals surface area contributed by atoms with Crippen LogP contribution in [0, 0.1) is 17.3 Å². The Morgan fingerprint density at radius 3 is 2.06 bits per heavy atom. The van der Waals surface area contributed by atoms with Gasteiger partial charge in [0.1, 0.15) is 0 Å². The first-order valence-corrected chi connectivity index (χ1v) is 7.17. The Kier molecular flexibility index (Phi) is 4.82. The number of carboxylic acids is 1. The molecule has 1 saturated carbocycles. The minimum atomic E-state index is -1.52. The van der Waals surface area contributed by atoms with E-state index in [1.807, 2.05) is 0 Å². The van der Waals surface area contributed by atoms with E-state index in [1.54, 1.807) is 6.92 Å². The molecular weight excluding hydrogens is 228 g/mol. The quantitative estimate of drug-likeness (QED) is 0.760. The van der Waals surface area contributed by atoms with Gasteiger partial charge in [-0.05, 0) is 49.4 Å². The molecule has 1 fully saturated rings. The second-order valence-electron chi connectivity index (χ2n) is 6.85. The predicted molar refractivity (Wildman–Crippen MR) is 72.4 cm³/mol. The van der Waals surface area contributed by atoms with Crippen LogP contribution in [0.5, 0.6) is 0 Å². The zero-order valence-corrected chi connectivity index (χ0v) is 12.2. The molecule has 0 radical (unpaired) electrons. The normalized spacial score (nSPS) is 29.4. The van der Waals surface area contributed by atoms with Gasteiger partial charge in [-0.15, -0.1) is 0 Å². The fourth-order valence-electron chi connectivity index (χ4n) is 3.26. The average Bonchev–Trinajstić information content (AvgIpc) is 2.52. The van der Waals surface area contributed by atoms with Gasteiger partial charge in [-0.25, -0.2) is 4.79 Å². The van der Waals surface area contributed by atoms with Crippen molar-refractivity contribution in [3.63, 3.8) is 0 Å².